The summed E-state index contributed by atoms with van der Waals surface area (Å²) in [5.41, 5.74) is 1.14. The molecule has 0 radical (unpaired) electrons. The first kappa shape index (κ1) is 15.6. The van der Waals surface area contributed by atoms with Crippen LogP contribution in [0.3, 0.4) is 0 Å². The van der Waals surface area contributed by atoms with Crippen molar-refractivity contribution in [3.63, 3.8) is 0 Å². The van der Waals surface area contributed by atoms with Gasteiger partial charge < -0.3 is 15.2 Å². The zero-order valence-electron chi connectivity index (χ0n) is 11.6. The molecule has 2 atom stereocenters. The van der Waals surface area contributed by atoms with Gasteiger partial charge in [-0.1, -0.05) is 6.07 Å². The molecule has 0 spiro atoms. The fraction of sp³-hybridized carbons (Fsp3) is 0.462. The van der Waals surface area contributed by atoms with Gasteiger partial charge in [-0.15, -0.1) is 0 Å². The Balaban J connectivity index is 2.03. The Hall–Kier alpha value is -1.80. The first-order chi connectivity index (χ1) is 9.89. The molecule has 0 aliphatic carbocycles. The number of benzene rings is 1. The van der Waals surface area contributed by atoms with E-state index in [0.717, 1.165) is 0 Å². The molecule has 1 aliphatic rings. The first-order valence-electron chi connectivity index (χ1n) is 6.58. The molecule has 0 aromatic heterocycles. The van der Waals surface area contributed by atoms with Crippen LogP contribution in [0.1, 0.15) is 6.92 Å². The maximum atomic E-state index is 11.5. The molecule has 1 aromatic rings. The Kier molecular flexibility index (Phi) is 4.69. The maximum Gasteiger partial charge on any atom is 0.411 e. The molecule has 1 aliphatic heterocycles. The number of aliphatic hydroxyl groups is 1. The molecule has 0 unspecified atom stereocenters. The van der Waals surface area contributed by atoms with Crippen LogP contribution in [0, 0.1) is 0 Å². The van der Waals surface area contributed by atoms with Crippen LogP contribution in [0.4, 0.5) is 16.2 Å². The Labute approximate surface area is 123 Å². The van der Waals surface area contributed by atoms with E-state index in [-0.39, 0.29) is 18.1 Å². The van der Waals surface area contributed by atoms with Gasteiger partial charge in [-0.3, -0.25) is 5.32 Å². The Bertz CT molecular complexity index is 617. The van der Waals surface area contributed by atoms with E-state index in [2.05, 4.69) is 10.6 Å². The molecule has 1 fully saturated rings. The molecule has 3 N–H and O–H groups in total. The molecule has 7 nitrogen and oxygen atoms in total. The van der Waals surface area contributed by atoms with Gasteiger partial charge in [0.2, 0.25) is 0 Å². The molecule has 1 aromatic carbocycles. The average molecular weight is 314 g/mol. The minimum Gasteiger partial charge on any atom is -0.450 e. The number of carbonyl (C=O) groups excluding carboxylic acids is 1. The number of amides is 1. The van der Waals surface area contributed by atoms with E-state index in [1.807, 2.05) is 0 Å². The number of aliphatic hydroxyl groups excluding tert-OH is 1. The lowest BCUT2D eigenvalue weighted by Gasteiger charge is -2.17. The second-order valence-electron chi connectivity index (χ2n) is 4.82. The molecular formula is C13H18N2O5S. The lowest BCUT2D eigenvalue weighted by Crippen LogP contribution is -2.31. The van der Waals surface area contributed by atoms with Crippen molar-refractivity contribution < 1.29 is 23.1 Å². The number of hydrogen-bond acceptors (Lipinski definition) is 6. The number of ether oxygens (including phenoxy) is 1. The molecular weight excluding hydrogens is 296 g/mol. The van der Waals surface area contributed by atoms with Crippen molar-refractivity contribution >= 4 is 27.3 Å². The summed E-state index contributed by atoms with van der Waals surface area (Å²) in [4.78, 5) is 11.3. The second-order valence-corrected chi connectivity index (χ2v) is 6.98. The summed E-state index contributed by atoms with van der Waals surface area (Å²) in [6.45, 7) is 1.98. The number of anilines is 2. The molecule has 8 heteroatoms. The normalized spacial score (nSPS) is 23.5. The predicted molar refractivity (Wildman–Crippen MR) is 79.2 cm³/mol. The molecule has 1 saturated heterocycles. The number of sulfone groups is 1. The van der Waals surface area contributed by atoms with Crippen molar-refractivity contribution in [1.29, 1.82) is 0 Å². The quantitative estimate of drug-likeness (QED) is 0.760. The summed E-state index contributed by atoms with van der Waals surface area (Å²) in [5, 5.41) is 15.3. The van der Waals surface area contributed by atoms with Crippen molar-refractivity contribution in [2.75, 3.05) is 28.7 Å². The van der Waals surface area contributed by atoms with Gasteiger partial charge in [0.15, 0.2) is 9.84 Å². The van der Waals surface area contributed by atoms with Crippen LogP contribution in [0.2, 0.25) is 0 Å². The van der Waals surface area contributed by atoms with Crippen LogP contribution in [0.15, 0.2) is 24.3 Å². The zero-order valence-corrected chi connectivity index (χ0v) is 12.4. The van der Waals surface area contributed by atoms with Crippen molar-refractivity contribution in [2.45, 2.75) is 19.1 Å². The van der Waals surface area contributed by atoms with Crippen molar-refractivity contribution in [2.24, 2.45) is 0 Å². The third-order valence-electron chi connectivity index (χ3n) is 3.06. The van der Waals surface area contributed by atoms with Crippen LogP contribution >= 0.6 is 0 Å². The fourth-order valence-corrected chi connectivity index (χ4v) is 3.89. The molecule has 1 amide bonds. The topological polar surface area (TPSA) is 105 Å². The van der Waals surface area contributed by atoms with Gasteiger partial charge in [0, 0.05) is 11.4 Å². The van der Waals surface area contributed by atoms with E-state index in [1.54, 1.807) is 31.2 Å². The minimum atomic E-state index is -3.20. The summed E-state index contributed by atoms with van der Waals surface area (Å²) >= 11 is 0. The monoisotopic (exact) mass is 314 g/mol. The molecule has 0 bridgehead atoms. The van der Waals surface area contributed by atoms with Crippen molar-refractivity contribution in [3.8, 4) is 0 Å². The predicted octanol–water partition coefficient (Wildman–Crippen LogP) is 0.825. The van der Waals surface area contributed by atoms with E-state index in [4.69, 9.17) is 4.74 Å². The van der Waals surface area contributed by atoms with E-state index >= 15 is 0 Å². The van der Waals surface area contributed by atoms with Gasteiger partial charge in [0.05, 0.1) is 30.3 Å². The zero-order chi connectivity index (χ0) is 15.5. The van der Waals surface area contributed by atoms with Crippen molar-refractivity contribution in [1.82, 2.24) is 0 Å². The summed E-state index contributed by atoms with van der Waals surface area (Å²) in [5.74, 6) is -0.338. The van der Waals surface area contributed by atoms with E-state index in [9.17, 15) is 18.3 Å². The van der Waals surface area contributed by atoms with Crippen LogP contribution in [-0.4, -0.2) is 49.9 Å². The summed E-state index contributed by atoms with van der Waals surface area (Å²) < 4.78 is 27.7. The highest BCUT2D eigenvalue weighted by Crippen LogP contribution is 2.21. The lowest BCUT2D eigenvalue weighted by molar-refractivity contribution is 0.168. The van der Waals surface area contributed by atoms with Crippen LogP contribution < -0.4 is 10.6 Å². The smallest absolute Gasteiger partial charge is 0.411 e. The number of carbonyl (C=O) groups is 1. The lowest BCUT2D eigenvalue weighted by atomic mass is 10.2. The van der Waals surface area contributed by atoms with E-state index in [0.29, 0.717) is 11.4 Å². The highest BCUT2D eigenvalue weighted by atomic mass is 32.2. The fourth-order valence-electron chi connectivity index (χ4n) is 2.15. The molecule has 0 saturated carbocycles. The highest BCUT2D eigenvalue weighted by molar-refractivity contribution is 7.91. The van der Waals surface area contributed by atoms with Gasteiger partial charge in [-0.05, 0) is 25.1 Å². The summed E-state index contributed by atoms with van der Waals surface area (Å²) in [7, 11) is -3.20. The molecule has 1 heterocycles. The first-order valence-corrected chi connectivity index (χ1v) is 8.40. The van der Waals surface area contributed by atoms with E-state index < -0.39 is 28.1 Å². The van der Waals surface area contributed by atoms with Crippen LogP contribution in [0.5, 0.6) is 0 Å². The summed E-state index contributed by atoms with van der Waals surface area (Å²) in [6.07, 6.45) is -1.49. The Morgan fingerprint density at radius 2 is 2.10 bits per heavy atom. The standard InChI is InChI=1S/C13H18N2O5S/c1-2-20-13(17)15-10-5-3-4-9(6-10)14-11-7-21(18,19)8-12(11)16/h3-6,11-12,14,16H,2,7-8H2,1H3,(H,15,17)/t11-,12-/m1/s1. The molecule has 21 heavy (non-hydrogen) atoms. The molecule has 116 valence electrons. The third-order valence-corrected chi connectivity index (χ3v) is 4.78. The number of rotatable bonds is 4. The van der Waals surface area contributed by atoms with Gasteiger partial charge in [0.25, 0.3) is 0 Å². The SMILES string of the molecule is CCOC(=O)Nc1cccc(N[C@@H]2CS(=O)(=O)C[C@H]2O)c1. The number of hydrogen-bond donors (Lipinski definition) is 3. The van der Waals surface area contributed by atoms with Gasteiger partial charge >= 0.3 is 6.09 Å². The minimum absolute atomic E-state index is 0.107. The summed E-state index contributed by atoms with van der Waals surface area (Å²) in [6, 6.07) is 6.22. The van der Waals surface area contributed by atoms with Crippen LogP contribution in [-0.2, 0) is 14.6 Å². The van der Waals surface area contributed by atoms with Crippen LogP contribution in [0.25, 0.3) is 0 Å². The second kappa shape index (κ2) is 6.31. The molecule has 2 rings (SSSR count). The van der Waals surface area contributed by atoms with Crippen molar-refractivity contribution in [3.05, 3.63) is 24.3 Å². The third kappa shape index (κ3) is 4.33. The average Bonchev–Trinajstić information content (AvgIpc) is 2.62. The Morgan fingerprint density at radius 1 is 1.38 bits per heavy atom. The van der Waals surface area contributed by atoms with Gasteiger partial charge in [-0.2, -0.15) is 0 Å². The largest absolute Gasteiger partial charge is 0.450 e. The van der Waals surface area contributed by atoms with E-state index in [1.165, 1.54) is 0 Å². The Morgan fingerprint density at radius 3 is 2.71 bits per heavy atom. The number of nitrogens with one attached hydrogen (secondary N) is 2. The maximum absolute atomic E-state index is 11.5. The highest BCUT2D eigenvalue weighted by Gasteiger charge is 2.36. The van der Waals surface area contributed by atoms with Gasteiger partial charge in [-0.25, -0.2) is 13.2 Å². The van der Waals surface area contributed by atoms with Gasteiger partial charge in [0.1, 0.15) is 0 Å².